The Hall–Kier alpha value is -1.35. The lowest BCUT2D eigenvalue weighted by molar-refractivity contribution is 0.00480. The van der Waals surface area contributed by atoms with Crippen molar-refractivity contribution in [3.63, 3.8) is 0 Å². The van der Waals surface area contributed by atoms with E-state index >= 15 is 0 Å². The number of halogens is 1. The van der Waals surface area contributed by atoms with Crippen LogP contribution in [0.4, 0.5) is 0 Å². The van der Waals surface area contributed by atoms with Crippen molar-refractivity contribution in [2.24, 2.45) is 5.92 Å². The van der Waals surface area contributed by atoms with Crippen LogP contribution in [0.3, 0.4) is 0 Å². The van der Waals surface area contributed by atoms with Gasteiger partial charge in [0, 0.05) is 12.4 Å². The van der Waals surface area contributed by atoms with Gasteiger partial charge in [-0.25, -0.2) is 0 Å². The zero-order valence-corrected chi connectivity index (χ0v) is 14.3. The molecule has 0 amide bonds. The summed E-state index contributed by atoms with van der Waals surface area (Å²) < 4.78 is 0. The van der Waals surface area contributed by atoms with Crippen LogP contribution in [-0.2, 0) is 5.41 Å². The van der Waals surface area contributed by atoms with Crippen molar-refractivity contribution in [3.05, 3.63) is 71.8 Å². The van der Waals surface area contributed by atoms with E-state index in [2.05, 4.69) is 60.4 Å². The molecule has 1 fully saturated rings. The third kappa shape index (κ3) is 2.69. The molecule has 122 valence electrons. The third-order valence-corrected chi connectivity index (χ3v) is 5.44. The monoisotopic (exact) mass is 329 g/mol. The number of nitrogens with zero attached hydrogens (tertiary/aromatic N) is 1. The summed E-state index contributed by atoms with van der Waals surface area (Å²) in [6.07, 6.45) is 0.351. The molecular weight excluding hydrogens is 306 g/mol. The number of benzene rings is 2. The second-order valence-electron chi connectivity index (χ2n) is 6.24. The van der Waals surface area contributed by atoms with Gasteiger partial charge in [0.15, 0.2) is 0 Å². The smallest absolute Gasteiger partial charge is 0.121 e. The van der Waals surface area contributed by atoms with Crippen LogP contribution in [0, 0.1) is 5.92 Å². The van der Waals surface area contributed by atoms with Crippen molar-refractivity contribution in [3.8, 4) is 0 Å². The number of aliphatic hydroxyl groups excluding tert-OH is 1. The minimum atomic E-state index is -0.537. The number of hydrogen-bond acceptors (Lipinski definition) is 2. The highest BCUT2D eigenvalue weighted by Gasteiger charge is 2.54. The summed E-state index contributed by atoms with van der Waals surface area (Å²) in [5.41, 5.74) is 1.92. The molecule has 3 rings (SSSR count). The highest BCUT2D eigenvalue weighted by atomic mass is 35.5. The molecule has 2 atom stereocenters. The summed E-state index contributed by atoms with van der Waals surface area (Å²) in [4.78, 5) is 2.16. The molecule has 1 aliphatic heterocycles. The number of likely N-dealkylation sites (N-methyl/N-ethyl adjacent to an activating group) is 1. The zero-order valence-electron chi connectivity index (χ0n) is 13.5. The quantitative estimate of drug-likeness (QED) is 0.842. The van der Waals surface area contributed by atoms with Gasteiger partial charge < -0.3 is 5.11 Å². The van der Waals surface area contributed by atoms with E-state index in [-0.39, 0.29) is 0 Å². The topological polar surface area (TPSA) is 23.5 Å². The Kier molecular flexibility index (Phi) is 5.05. The van der Waals surface area contributed by atoms with Gasteiger partial charge in [0.05, 0.1) is 5.41 Å². The predicted octanol–water partition coefficient (Wildman–Crippen LogP) is 3.87. The molecule has 0 bridgehead atoms. The van der Waals surface area contributed by atoms with E-state index in [1.54, 1.807) is 0 Å². The van der Waals surface area contributed by atoms with Crippen LogP contribution in [-0.4, -0.2) is 35.2 Å². The number of rotatable bonds is 5. The van der Waals surface area contributed by atoms with Gasteiger partial charge >= 0.3 is 0 Å². The van der Waals surface area contributed by atoms with Gasteiger partial charge in [-0.3, -0.25) is 4.90 Å². The Morgan fingerprint density at radius 3 is 2.00 bits per heavy atom. The number of hydrogen-bond donors (Lipinski definition) is 1. The average Bonchev–Trinajstić information content (AvgIpc) is 2.89. The largest absolute Gasteiger partial charge is 0.377 e. The van der Waals surface area contributed by atoms with E-state index in [9.17, 15) is 5.11 Å². The molecule has 1 N–H and O–H groups in total. The van der Waals surface area contributed by atoms with E-state index < -0.39 is 11.6 Å². The maximum absolute atomic E-state index is 11.3. The van der Waals surface area contributed by atoms with Gasteiger partial charge in [-0.15, -0.1) is 11.6 Å². The second-order valence-corrected chi connectivity index (χ2v) is 6.61. The van der Waals surface area contributed by atoms with Crippen LogP contribution in [0.25, 0.3) is 0 Å². The van der Waals surface area contributed by atoms with Crippen LogP contribution in [0.1, 0.15) is 24.5 Å². The van der Waals surface area contributed by atoms with Crippen molar-refractivity contribution in [2.75, 3.05) is 19.0 Å². The molecule has 2 aromatic carbocycles. The minimum absolute atomic E-state index is 0.291. The lowest BCUT2D eigenvalue weighted by Crippen LogP contribution is -2.45. The summed E-state index contributed by atoms with van der Waals surface area (Å²) in [7, 11) is 0. The van der Waals surface area contributed by atoms with E-state index in [1.165, 1.54) is 11.1 Å². The number of alkyl halides is 1. The van der Waals surface area contributed by atoms with Crippen LogP contribution in [0.2, 0.25) is 0 Å². The second kappa shape index (κ2) is 7.04. The van der Waals surface area contributed by atoms with E-state index in [1.807, 2.05) is 12.1 Å². The molecule has 1 saturated heterocycles. The Morgan fingerprint density at radius 1 is 1.04 bits per heavy atom. The van der Waals surface area contributed by atoms with Gasteiger partial charge in [-0.05, 0) is 30.0 Å². The van der Waals surface area contributed by atoms with Crippen molar-refractivity contribution in [1.82, 2.24) is 4.90 Å². The molecule has 3 heteroatoms. The van der Waals surface area contributed by atoms with Crippen LogP contribution in [0.5, 0.6) is 0 Å². The standard InChI is InChI=1S/C20H24ClNO/c1-2-22-15-18(13-14-21)20(19(22)23,16-9-5-3-6-10-16)17-11-7-4-8-12-17/h3-12,18-19,23H,2,13-15H2,1H3. The fraction of sp³-hybridized carbons (Fsp3) is 0.400. The first kappa shape index (κ1) is 16.5. The zero-order chi connectivity index (χ0) is 16.3. The van der Waals surface area contributed by atoms with Gasteiger partial charge in [0.2, 0.25) is 0 Å². The fourth-order valence-electron chi connectivity index (χ4n) is 4.14. The lowest BCUT2D eigenvalue weighted by atomic mass is 9.66. The maximum Gasteiger partial charge on any atom is 0.121 e. The van der Waals surface area contributed by atoms with Crippen LogP contribution in [0.15, 0.2) is 60.7 Å². The summed E-state index contributed by atoms with van der Waals surface area (Å²) in [6, 6.07) is 20.8. The summed E-state index contributed by atoms with van der Waals surface area (Å²) >= 11 is 6.12. The molecule has 0 saturated carbocycles. The average molecular weight is 330 g/mol. The molecule has 2 unspecified atom stereocenters. The number of likely N-dealkylation sites (tertiary alicyclic amines) is 1. The van der Waals surface area contributed by atoms with E-state index in [0.29, 0.717) is 11.8 Å². The van der Waals surface area contributed by atoms with Gasteiger partial charge in [-0.2, -0.15) is 0 Å². The summed E-state index contributed by atoms with van der Waals surface area (Å²) in [5, 5.41) is 11.3. The third-order valence-electron chi connectivity index (χ3n) is 5.22. The summed E-state index contributed by atoms with van der Waals surface area (Å²) in [6.45, 7) is 3.81. The van der Waals surface area contributed by atoms with Gasteiger partial charge in [-0.1, -0.05) is 67.6 Å². The van der Waals surface area contributed by atoms with E-state index in [4.69, 9.17) is 11.6 Å². The Morgan fingerprint density at radius 2 is 1.57 bits per heavy atom. The van der Waals surface area contributed by atoms with Gasteiger partial charge in [0.25, 0.3) is 0 Å². The lowest BCUT2D eigenvalue weighted by Gasteiger charge is -2.39. The fourth-order valence-corrected chi connectivity index (χ4v) is 4.41. The molecule has 23 heavy (non-hydrogen) atoms. The molecule has 2 nitrogen and oxygen atoms in total. The highest BCUT2D eigenvalue weighted by Crippen LogP contribution is 2.49. The molecular formula is C20H24ClNO. The SMILES string of the molecule is CCN1CC(CCCl)C(c2ccccc2)(c2ccccc2)C1O. The van der Waals surface area contributed by atoms with E-state index in [0.717, 1.165) is 19.5 Å². The molecule has 1 heterocycles. The molecule has 0 aliphatic carbocycles. The molecule has 0 aromatic heterocycles. The number of aliphatic hydroxyl groups is 1. The molecule has 0 radical (unpaired) electrons. The van der Waals surface area contributed by atoms with Crippen molar-refractivity contribution in [1.29, 1.82) is 0 Å². The maximum atomic E-state index is 11.3. The van der Waals surface area contributed by atoms with Crippen LogP contribution < -0.4 is 0 Å². The first-order chi connectivity index (χ1) is 11.2. The van der Waals surface area contributed by atoms with Crippen LogP contribution >= 0.6 is 11.6 Å². The molecule has 2 aromatic rings. The normalized spacial score (nSPS) is 24.0. The Balaban J connectivity index is 2.22. The molecule has 0 spiro atoms. The van der Waals surface area contributed by atoms with Gasteiger partial charge in [0.1, 0.15) is 6.23 Å². The van der Waals surface area contributed by atoms with Crippen molar-refractivity contribution in [2.45, 2.75) is 25.0 Å². The molecule has 1 aliphatic rings. The Bertz CT molecular complexity index is 577. The first-order valence-electron chi connectivity index (χ1n) is 8.34. The van der Waals surface area contributed by atoms with Crippen molar-refractivity contribution >= 4 is 11.6 Å². The minimum Gasteiger partial charge on any atom is -0.377 e. The van der Waals surface area contributed by atoms with Crippen molar-refractivity contribution < 1.29 is 5.11 Å². The highest BCUT2D eigenvalue weighted by molar-refractivity contribution is 6.17. The predicted molar refractivity (Wildman–Crippen MR) is 95.7 cm³/mol. The Labute approximate surface area is 143 Å². The first-order valence-corrected chi connectivity index (χ1v) is 8.87. The summed E-state index contributed by atoms with van der Waals surface area (Å²) in [5.74, 6) is 0.899.